The van der Waals surface area contributed by atoms with E-state index >= 15 is 0 Å². The third kappa shape index (κ3) is 3.66. The molecule has 0 radical (unpaired) electrons. The van der Waals surface area contributed by atoms with Gasteiger partial charge in [-0.2, -0.15) is 0 Å². The molecule has 0 spiro atoms. The Bertz CT molecular complexity index is 496. The van der Waals surface area contributed by atoms with Crippen molar-refractivity contribution in [3.05, 3.63) is 53.7 Å². The normalized spacial score (nSPS) is 12.8. The molecule has 0 saturated heterocycles. The maximum Gasteiger partial charge on any atom is 0.129 e. The third-order valence-electron chi connectivity index (χ3n) is 3.26. The molecule has 2 aromatic rings. The van der Waals surface area contributed by atoms with Crippen molar-refractivity contribution in [3.8, 4) is 0 Å². The summed E-state index contributed by atoms with van der Waals surface area (Å²) in [6.45, 7) is 3.46. The van der Waals surface area contributed by atoms with Crippen molar-refractivity contribution in [2.75, 3.05) is 14.2 Å². The molecule has 0 bridgehead atoms. The molecule has 0 aliphatic heterocycles. The van der Waals surface area contributed by atoms with Gasteiger partial charge in [0.2, 0.25) is 0 Å². The van der Waals surface area contributed by atoms with Crippen LogP contribution >= 0.6 is 0 Å². The molecule has 2 rings (SSSR count). The van der Waals surface area contributed by atoms with Gasteiger partial charge in [-0.25, -0.2) is 0 Å². The molecule has 102 valence electrons. The fraction of sp³-hybridized carbons (Fsp3) is 0.400. The summed E-state index contributed by atoms with van der Waals surface area (Å²) in [6, 6.07) is 8.37. The summed E-state index contributed by atoms with van der Waals surface area (Å²) in [5, 5.41) is 0. The number of pyridine rings is 1. The van der Waals surface area contributed by atoms with Crippen LogP contribution in [0.2, 0.25) is 0 Å². The molecule has 0 fully saturated rings. The quantitative estimate of drug-likeness (QED) is 0.800. The molecule has 0 unspecified atom stereocenters. The topological polar surface area (TPSA) is 38.5 Å². The average molecular weight is 260 g/mol. The Hall–Kier alpha value is -1.65. The van der Waals surface area contributed by atoms with Crippen molar-refractivity contribution >= 4 is 0 Å². The zero-order chi connectivity index (χ0) is 13.7. The van der Waals surface area contributed by atoms with E-state index in [9.17, 15) is 0 Å². The molecule has 1 atom stereocenters. The highest BCUT2D eigenvalue weighted by Gasteiger charge is 2.13. The number of hydrogen-bond donors (Lipinski definition) is 0. The van der Waals surface area contributed by atoms with Gasteiger partial charge in [0.05, 0.1) is 6.54 Å². The second-order valence-corrected chi connectivity index (χ2v) is 4.67. The lowest BCUT2D eigenvalue weighted by Gasteiger charge is -2.23. The summed E-state index contributed by atoms with van der Waals surface area (Å²) >= 11 is 0. The summed E-state index contributed by atoms with van der Waals surface area (Å²) < 4.78 is 10.8. The zero-order valence-corrected chi connectivity index (χ0v) is 11.7. The summed E-state index contributed by atoms with van der Waals surface area (Å²) in [6.07, 6.45) is 3.65. The smallest absolute Gasteiger partial charge is 0.129 e. The van der Waals surface area contributed by atoms with Crippen LogP contribution in [0.5, 0.6) is 0 Å². The highest BCUT2D eigenvalue weighted by molar-refractivity contribution is 5.14. The molecule has 4 nitrogen and oxygen atoms in total. The maximum atomic E-state index is 5.70. The van der Waals surface area contributed by atoms with Gasteiger partial charge >= 0.3 is 0 Å². The molecule has 2 heterocycles. The standard InChI is InChI=1S/C15H20N2O2/c1-12(13-6-8-16-9-7-13)17(2)10-14-4-5-15(19-14)11-18-3/h4-9,12H,10-11H2,1-3H3/t12-/m0/s1. The van der Waals surface area contributed by atoms with Crippen LogP contribution in [0.1, 0.15) is 30.0 Å². The van der Waals surface area contributed by atoms with Crippen molar-refractivity contribution in [3.63, 3.8) is 0 Å². The molecule has 0 saturated carbocycles. The van der Waals surface area contributed by atoms with Crippen LogP contribution in [0.15, 0.2) is 41.1 Å². The van der Waals surface area contributed by atoms with Crippen LogP contribution < -0.4 is 0 Å². The monoisotopic (exact) mass is 260 g/mol. The number of nitrogens with zero attached hydrogens (tertiary/aromatic N) is 2. The molecule has 0 aliphatic rings. The predicted molar refractivity (Wildman–Crippen MR) is 73.5 cm³/mol. The Balaban J connectivity index is 1.98. The van der Waals surface area contributed by atoms with E-state index < -0.39 is 0 Å². The van der Waals surface area contributed by atoms with Crippen LogP contribution in [0.4, 0.5) is 0 Å². The molecule has 4 heteroatoms. The van der Waals surface area contributed by atoms with E-state index in [0.29, 0.717) is 12.6 Å². The van der Waals surface area contributed by atoms with E-state index in [1.54, 1.807) is 7.11 Å². The van der Waals surface area contributed by atoms with Crippen LogP contribution in [0.25, 0.3) is 0 Å². The minimum Gasteiger partial charge on any atom is -0.462 e. The number of ether oxygens (including phenoxy) is 1. The van der Waals surface area contributed by atoms with E-state index in [-0.39, 0.29) is 0 Å². The van der Waals surface area contributed by atoms with Crippen LogP contribution in [0, 0.1) is 0 Å². The van der Waals surface area contributed by atoms with Gasteiger partial charge in [-0.15, -0.1) is 0 Å². The van der Waals surface area contributed by atoms with Crippen molar-refractivity contribution in [2.45, 2.75) is 26.1 Å². The van der Waals surface area contributed by atoms with Gasteiger partial charge in [-0.1, -0.05) is 0 Å². The molecular weight excluding hydrogens is 240 g/mol. The van der Waals surface area contributed by atoms with Crippen LogP contribution in [-0.2, 0) is 17.9 Å². The number of furan rings is 1. The Labute approximate surface area is 114 Å². The Morgan fingerprint density at radius 3 is 2.58 bits per heavy atom. The van der Waals surface area contributed by atoms with Gasteiger partial charge in [-0.3, -0.25) is 9.88 Å². The molecule has 0 N–H and O–H groups in total. The fourth-order valence-electron chi connectivity index (χ4n) is 2.01. The first-order valence-corrected chi connectivity index (χ1v) is 6.37. The van der Waals surface area contributed by atoms with Crippen LogP contribution in [-0.4, -0.2) is 24.0 Å². The molecule has 0 amide bonds. The lowest BCUT2D eigenvalue weighted by atomic mass is 10.1. The lowest BCUT2D eigenvalue weighted by molar-refractivity contribution is 0.158. The molecular formula is C15H20N2O2. The van der Waals surface area contributed by atoms with Gasteiger partial charge < -0.3 is 9.15 Å². The average Bonchev–Trinajstić information content (AvgIpc) is 2.86. The minimum absolute atomic E-state index is 0.318. The number of hydrogen-bond acceptors (Lipinski definition) is 4. The van der Waals surface area contributed by atoms with Crippen molar-refractivity contribution in [1.82, 2.24) is 9.88 Å². The first-order valence-electron chi connectivity index (χ1n) is 6.37. The van der Waals surface area contributed by atoms with E-state index in [4.69, 9.17) is 9.15 Å². The molecule has 0 aliphatic carbocycles. The van der Waals surface area contributed by atoms with E-state index in [1.807, 2.05) is 36.7 Å². The van der Waals surface area contributed by atoms with Gasteiger partial charge in [0, 0.05) is 25.5 Å². The van der Waals surface area contributed by atoms with E-state index in [2.05, 4.69) is 23.9 Å². The fourth-order valence-corrected chi connectivity index (χ4v) is 2.01. The van der Waals surface area contributed by atoms with Crippen molar-refractivity contribution in [2.24, 2.45) is 0 Å². The predicted octanol–water partition coefficient (Wildman–Crippen LogP) is 3.01. The second-order valence-electron chi connectivity index (χ2n) is 4.67. The summed E-state index contributed by atoms with van der Waals surface area (Å²) in [5.41, 5.74) is 1.25. The van der Waals surface area contributed by atoms with Gasteiger partial charge in [0.1, 0.15) is 18.1 Å². The van der Waals surface area contributed by atoms with Crippen molar-refractivity contribution in [1.29, 1.82) is 0 Å². The first-order chi connectivity index (χ1) is 9.20. The Kier molecular flexibility index (Phi) is 4.71. The zero-order valence-electron chi connectivity index (χ0n) is 11.7. The number of rotatable bonds is 6. The van der Waals surface area contributed by atoms with Gasteiger partial charge in [0.25, 0.3) is 0 Å². The Morgan fingerprint density at radius 1 is 1.21 bits per heavy atom. The second kappa shape index (κ2) is 6.50. The van der Waals surface area contributed by atoms with Gasteiger partial charge in [0.15, 0.2) is 0 Å². The Morgan fingerprint density at radius 2 is 1.89 bits per heavy atom. The minimum atomic E-state index is 0.318. The largest absolute Gasteiger partial charge is 0.462 e. The SMILES string of the molecule is COCc1ccc(CN(C)[C@@H](C)c2ccncc2)o1. The molecule has 0 aromatic carbocycles. The number of aromatic nitrogens is 1. The number of methoxy groups -OCH3 is 1. The summed E-state index contributed by atoms with van der Waals surface area (Å²) in [7, 11) is 3.75. The summed E-state index contributed by atoms with van der Waals surface area (Å²) in [5.74, 6) is 1.82. The summed E-state index contributed by atoms with van der Waals surface area (Å²) in [4.78, 5) is 6.28. The third-order valence-corrected chi connectivity index (χ3v) is 3.26. The van der Waals surface area contributed by atoms with Crippen LogP contribution in [0.3, 0.4) is 0 Å². The van der Waals surface area contributed by atoms with Gasteiger partial charge in [-0.05, 0) is 43.8 Å². The molecule has 19 heavy (non-hydrogen) atoms. The van der Waals surface area contributed by atoms with E-state index in [0.717, 1.165) is 18.1 Å². The maximum absolute atomic E-state index is 5.70. The van der Waals surface area contributed by atoms with Crippen molar-refractivity contribution < 1.29 is 9.15 Å². The first kappa shape index (κ1) is 13.8. The lowest BCUT2D eigenvalue weighted by Crippen LogP contribution is -2.21. The van der Waals surface area contributed by atoms with E-state index in [1.165, 1.54) is 5.56 Å². The molecule has 2 aromatic heterocycles. The highest BCUT2D eigenvalue weighted by Crippen LogP contribution is 2.20. The highest BCUT2D eigenvalue weighted by atomic mass is 16.5.